The number of likely N-dealkylation sites (N-methyl/N-ethyl adjacent to an activating group) is 1. The molecular weight excluding hydrogens is 331 g/mol. The van der Waals surface area contributed by atoms with Gasteiger partial charge >= 0.3 is 0 Å². The number of piperidine rings is 1. The lowest BCUT2D eigenvalue weighted by molar-refractivity contribution is -0.142. The molecule has 0 saturated carbocycles. The van der Waals surface area contributed by atoms with E-state index in [4.69, 9.17) is 0 Å². The Morgan fingerprint density at radius 3 is 2.75 bits per heavy atom. The lowest BCUT2D eigenvalue weighted by Crippen LogP contribution is -2.54. The molecule has 0 bridgehead atoms. The SMILES string of the molecule is CN(Cc1cccc(F)c1)C(=O)C1(n2cccn2)CCNCC1.Cl. The molecule has 1 fully saturated rings. The van der Waals surface area contributed by atoms with E-state index in [1.807, 2.05) is 18.3 Å². The summed E-state index contributed by atoms with van der Waals surface area (Å²) in [5.74, 6) is -0.265. The van der Waals surface area contributed by atoms with E-state index < -0.39 is 5.54 Å². The second-order valence-electron chi connectivity index (χ2n) is 6.02. The van der Waals surface area contributed by atoms with Crippen molar-refractivity contribution in [2.24, 2.45) is 0 Å². The number of nitrogens with zero attached hydrogens (tertiary/aromatic N) is 3. The first kappa shape index (κ1) is 18.4. The van der Waals surface area contributed by atoms with Gasteiger partial charge in [-0.1, -0.05) is 12.1 Å². The van der Waals surface area contributed by atoms with E-state index in [2.05, 4.69) is 10.4 Å². The Bertz CT molecular complexity index is 671. The van der Waals surface area contributed by atoms with Gasteiger partial charge in [0.2, 0.25) is 0 Å². The van der Waals surface area contributed by atoms with Crippen LogP contribution in [0.5, 0.6) is 0 Å². The Morgan fingerprint density at radius 2 is 2.12 bits per heavy atom. The fourth-order valence-electron chi connectivity index (χ4n) is 3.24. The predicted octanol–water partition coefficient (Wildman–Crippen LogP) is 2.18. The molecule has 0 spiro atoms. The van der Waals surface area contributed by atoms with Gasteiger partial charge in [0.05, 0.1) is 0 Å². The van der Waals surface area contributed by atoms with E-state index in [0.29, 0.717) is 19.4 Å². The fraction of sp³-hybridized carbons (Fsp3) is 0.412. The highest BCUT2D eigenvalue weighted by molar-refractivity contribution is 5.85. The fourth-order valence-corrected chi connectivity index (χ4v) is 3.24. The summed E-state index contributed by atoms with van der Waals surface area (Å²) in [5.41, 5.74) is 0.127. The second-order valence-corrected chi connectivity index (χ2v) is 6.02. The van der Waals surface area contributed by atoms with Gasteiger partial charge in [-0.15, -0.1) is 12.4 Å². The molecule has 0 radical (unpaired) electrons. The second kappa shape index (κ2) is 7.77. The molecule has 2 heterocycles. The molecular formula is C17H22ClFN4O. The quantitative estimate of drug-likeness (QED) is 0.917. The van der Waals surface area contributed by atoms with Crippen LogP contribution in [0.2, 0.25) is 0 Å². The maximum absolute atomic E-state index is 13.3. The summed E-state index contributed by atoms with van der Waals surface area (Å²) >= 11 is 0. The molecule has 1 aliphatic rings. The van der Waals surface area contributed by atoms with Crippen molar-refractivity contribution in [3.63, 3.8) is 0 Å². The first-order valence-electron chi connectivity index (χ1n) is 7.83. The highest BCUT2D eigenvalue weighted by atomic mass is 35.5. The number of carbonyl (C=O) groups excluding carboxylic acids is 1. The molecule has 1 aliphatic heterocycles. The summed E-state index contributed by atoms with van der Waals surface area (Å²) < 4.78 is 15.1. The van der Waals surface area contributed by atoms with Crippen molar-refractivity contribution in [3.05, 3.63) is 54.1 Å². The molecule has 1 aromatic carbocycles. The van der Waals surface area contributed by atoms with Gasteiger partial charge in [-0.2, -0.15) is 5.10 Å². The van der Waals surface area contributed by atoms with Gasteiger partial charge in [0, 0.05) is 26.0 Å². The van der Waals surface area contributed by atoms with Crippen molar-refractivity contribution in [2.75, 3.05) is 20.1 Å². The van der Waals surface area contributed by atoms with Crippen LogP contribution in [-0.2, 0) is 16.9 Å². The van der Waals surface area contributed by atoms with Crippen LogP contribution in [0.15, 0.2) is 42.7 Å². The molecule has 0 atom stereocenters. The minimum atomic E-state index is -0.656. The van der Waals surface area contributed by atoms with Gasteiger partial charge in [-0.3, -0.25) is 9.48 Å². The number of aromatic nitrogens is 2. The van der Waals surface area contributed by atoms with E-state index in [1.54, 1.807) is 28.9 Å². The van der Waals surface area contributed by atoms with Crippen molar-refractivity contribution in [1.29, 1.82) is 0 Å². The number of rotatable bonds is 4. The number of benzene rings is 1. The Kier molecular flexibility index (Phi) is 5.96. The molecule has 0 unspecified atom stereocenters. The highest BCUT2D eigenvalue weighted by Gasteiger charge is 2.43. The third kappa shape index (κ3) is 3.60. The van der Waals surface area contributed by atoms with Gasteiger partial charge in [-0.05, 0) is 49.7 Å². The van der Waals surface area contributed by atoms with Crippen LogP contribution >= 0.6 is 12.4 Å². The van der Waals surface area contributed by atoms with Crippen molar-refractivity contribution in [1.82, 2.24) is 20.0 Å². The summed E-state index contributed by atoms with van der Waals surface area (Å²) in [7, 11) is 1.76. The zero-order chi connectivity index (χ0) is 16.3. The lowest BCUT2D eigenvalue weighted by Gasteiger charge is -2.39. The van der Waals surface area contributed by atoms with Crippen molar-refractivity contribution >= 4 is 18.3 Å². The van der Waals surface area contributed by atoms with Crippen LogP contribution in [0, 0.1) is 5.82 Å². The Labute approximate surface area is 147 Å². The maximum atomic E-state index is 13.3. The van der Waals surface area contributed by atoms with Crippen molar-refractivity contribution in [2.45, 2.75) is 24.9 Å². The van der Waals surface area contributed by atoms with Gasteiger partial charge in [0.15, 0.2) is 0 Å². The summed E-state index contributed by atoms with van der Waals surface area (Å²) in [6, 6.07) is 8.20. The van der Waals surface area contributed by atoms with Crippen LogP contribution in [-0.4, -0.2) is 40.7 Å². The largest absolute Gasteiger partial charge is 0.339 e. The summed E-state index contributed by atoms with van der Waals surface area (Å²) in [4.78, 5) is 14.8. The number of halogens is 2. The molecule has 0 aliphatic carbocycles. The molecule has 5 nitrogen and oxygen atoms in total. The number of hydrogen-bond donors (Lipinski definition) is 1. The molecule has 7 heteroatoms. The minimum absolute atomic E-state index is 0. The molecule has 1 N–H and O–H groups in total. The van der Waals surface area contributed by atoms with Crippen LogP contribution in [0.25, 0.3) is 0 Å². The van der Waals surface area contributed by atoms with Crippen LogP contribution in [0.1, 0.15) is 18.4 Å². The van der Waals surface area contributed by atoms with Crippen LogP contribution < -0.4 is 5.32 Å². The van der Waals surface area contributed by atoms with Gasteiger partial charge in [-0.25, -0.2) is 4.39 Å². The van der Waals surface area contributed by atoms with Gasteiger partial charge in [0.1, 0.15) is 11.4 Å². The molecule has 130 valence electrons. The van der Waals surface area contributed by atoms with E-state index >= 15 is 0 Å². The lowest BCUT2D eigenvalue weighted by atomic mass is 9.86. The van der Waals surface area contributed by atoms with Crippen molar-refractivity contribution in [3.8, 4) is 0 Å². The average Bonchev–Trinajstić information content (AvgIpc) is 3.10. The van der Waals surface area contributed by atoms with E-state index in [9.17, 15) is 9.18 Å². The first-order chi connectivity index (χ1) is 11.1. The standard InChI is InChI=1S/C17H21FN4O.ClH/c1-21(13-14-4-2-5-15(18)12-14)16(23)17(6-9-19-10-7-17)22-11-3-8-20-22;/h2-5,8,11-12,19H,6-7,9-10,13H2,1H3;1H. The summed E-state index contributed by atoms with van der Waals surface area (Å²) in [6.07, 6.45) is 4.94. The predicted molar refractivity (Wildman–Crippen MR) is 92.4 cm³/mol. The van der Waals surface area contributed by atoms with Crippen molar-refractivity contribution < 1.29 is 9.18 Å². The summed E-state index contributed by atoms with van der Waals surface area (Å²) in [5, 5.41) is 7.61. The van der Waals surface area contributed by atoms with E-state index in [1.165, 1.54) is 12.1 Å². The number of amides is 1. The zero-order valence-corrected chi connectivity index (χ0v) is 14.4. The maximum Gasteiger partial charge on any atom is 0.250 e. The molecule has 24 heavy (non-hydrogen) atoms. The molecule has 2 aromatic rings. The molecule has 1 amide bonds. The highest BCUT2D eigenvalue weighted by Crippen LogP contribution is 2.29. The average molecular weight is 353 g/mol. The smallest absolute Gasteiger partial charge is 0.250 e. The number of nitrogens with one attached hydrogen (secondary N) is 1. The van der Waals surface area contributed by atoms with E-state index in [-0.39, 0.29) is 24.1 Å². The van der Waals surface area contributed by atoms with Crippen LogP contribution in [0.3, 0.4) is 0 Å². The summed E-state index contributed by atoms with van der Waals surface area (Å²) in [6.45, 7) is 1.94. The normalized spacial score (nSPS) is 16.2. The van der Waals surface area contributed by atoms with E-state index in [0.717, 1.165) is 18.7 Å². The molecule has 3 rings (SSSR count). The Balaban J connectivity index is 0.00000208. The third-order valence-electron chi connectivity index (χ3n) is 4.43. The van der Waals surface area contributed by atoms with Gasteiger partial charge in [0.25, 0.3) is 5.91 Å². The Hall–Kier alpha value is -1.92. The van der Waals surface area contributed by atoms with Gasteiger partial charge < -0.3 is 10.2 Å². The molecule has 1 aromatic heterocycles. The topological polar surface area (TPSA) is 50.2 Å². The monoisotopic (exact) mass is 352 g/mol. The number of hydrogen-bond acceptors (Lipinski definition) is 3. The Morgan fingerprint density at radius 1 is 1.38 bits per heavy atom. The zero-order valence-electron chi connectivity index (χ0n) is 13.6. The van der Waals surface area contributed by atoms with Crippen LogP contribution in [0.4, 0.5) is 4.39 Å². The number of carbonyl (C=O) groups is 1. The minimum Gasteiger partial charge on any atom is -0.339 e. The molecule has 1 saturated heterocycles. The third-order valence-corrected chi connectivity index (χ3v) is 4.43. The first-order valence-corrected chi connectivity index (χ1v) is 7.83.